The summed E-state index contributed by atoms with van der Waals surface area (Å²) in [4.78, 5) is 21.7. The first-order chi connectivity index (χ1) is 13.7. The van der Waals surface area contributed by atoms with Crippen LogP contribution in [0.5, 0.6) is 0 Å². The molecule has 2 aliphatic heterocycles. The first-order valence-corrected chi connectivity index (χ1v) is 10.3. The maximum atomic E-state index is 12.5. The zero-order valence-corrected chi connectivity index (χ0v) is 16.6. The van der Waals surface area contributed by atoms with Gasteiger partial charge in [-0.25, -0.2) is 0 Å². The van der Waals surface area contributed by atoms with Crippen molar-refractivity contribution in [3.63, 3.8) is 0 Å². The Morgan fingerprint density at radius 2 is 2.00 bits per heavy atom. The molecule has 0 unspecified atom stereocenters. The molecule has 6 heteroatoms. The Balaban J connectivity index is 1.31. The first kappa shape index (κ1) is 19.3. The van der Waals surface area contributed by atoms with Gasteiger partial charge in [-0.05, 0) is 31.2 Å². The summed E-state index contributed by atoms with van der Waals surface area (Å²) in [7, 11) is 2.15. The molecule has 2 aromatic rings. The summed E-state index contributed by atoms with van der Waals surface area (Å²) in [5.74, 6) is 0.442. The molecule has 1 N–H and O–H groups in total. The number of hydrogen-bond acceptors (Lipinski definition) is 5. The molecule has 150 valence electrons. The molecular formula is C22H30N4O2. The zero-order valence-electron chi connectivity index (χ0n) is 16.6. The normalized spacial score (nSPS) is 23.9. The Labute approximate surface area is 166 Å². The molecule has 0 radical (unpaired) electrons. The van der Waals surface area contributed by atoms with Crippen LogP contribution in [0.2, 0.25) is 0 Å². The van der Waals surface area contributed by atoms with Gasteiger partial charge in [0.15, 0.2) is 0 Å². The highest BCUT2D eigenvalue weighted by molar-refractivity contribution is 5.82. The zero-order chi connectivity index (χ0) is 19.3. The van der Waals surface area contributed by atoms with Crippen LogP contribution in [0, 0.1) is 5.92 Å². The summed E-state index contributed by atoms with van der Waals surface area (Å²) in [6.45, 7) is 6.41. The number of hydrogen-bond donors (Lipinski definition) is 1. The van der Waals surface area contributed by atoms with Crippen LogP contribution in [0.3, 0.4) is 0 Å². The molecule has 1 aromatic carbocycles. The minimum absolute atomic E-state index is 0.0897. The van der Waals surface area contributed by atoms with Crippen molar-refractivity contribution in [2.75, 3.05) is 53.0 Å². The quantitative estimate of drug-likeness (QED) is 0.821. The fraction of sp³-hybridized carbons (Fsp3) is 0.545. The molecule has 4 rings (SSSR count). The van der Waals surface area contributed by atoms with Crippen LogP contribution < -0.4 is 5.32 Å². The van der Waals surface area contributed by atoms with Gasteiger partial charge in [0.1, 0.15) is 0 Å². The average molecular weight is 383 g/mol. The Morgan fingerprint density at radius 3 is 2.86 bits per heavy atom. The summed E-state index contributed by atoms with van der Waals surface area (Å²) >= 11 is 0. The highest BCUT2D eigenvalue weighted by atomic mass is 16.5. The summed E-state index contributed by atoms with van der Waals surface area (Å²) in [5.41, 5.74) is 2.30. The molecule has 1 aromatic heterocycles. The number of aromatic nitrogens is 1. The highest BCUT2D eigenvalue weighted by Crippen LogP contribution is 2.24. The number of pyridine rings is 1. The second-order valence-corrected chi connectivity index (χ2v) is 8.06. The second kappa shape index (κ2) is 8.99. The van der Waals surface area contributed by atoms with E-state index >= 15 is 0 Å². The van der Waals surface area contributed by atoms with Crippen molar-refractivity contribution in [2.24, 2.45) is 5.92 Å². The lowest BCUT2D eigenvalue weighted by Crippen LogP contribution is -2.46. The van der Waals surface area contributed by atoms with E-state index in [0.29, 0.717) is 25.6 Å². The van der Waals surface area contributed by atoms with Crippen LogP contribution in [0.15, 0.2) is 36.5 Å². The minimum Gasteiger partial charge on any atom is -0.379 e. The Bertz CT molecular complexity index is 799. The number of ether oxygens (including phenoxy) is 1. The van der Waals surface area contributed by atoms with Gasteiger partial charge < -0.3 is 19.9 Å². The van der Waals surface area contributed by atoms with Crippen LogP contribution in [-0.2, 0) is 16.0 Å². The maximum Gasteiger partial charge on any atom is 0.221 e. The van der Waals surface area contributed by atoms with E-state index in [2.05, 4.69) is 45.3 Å². The first-order valence-electron chi connectivity index (χ1n) is 10.3. The van der Waals surface area contributed by atoms with Gasteiger partial charge in [-0.3, -0.25) is 9.78 Å². The molecule has 6 nitrogen and oxygen atoms in total. The summed E-state index contributed by atoms with van der Waals surface area (Å²) in [5, 5.41) is 4.42. The number of nitrogens with one attached hydrogen (secondary N) is 1. The van der Waals surface area contributed by atoms with E-state index in [1.54, 1.807) is 0 Å². The molecule has 2 atom stereocenters. The van der Waals surface area contributed by atoms with Gasteiger partial charge in [0, 0.05) is 56.6 Å². The Hall–Kier alpha value is -2.02. The van der Waals surface area contributed by atoms with Crippen LogP contribution >= 0.6 is 0 Å². The predicted molar refractivity (Wildman–Crippen MR) is 110 cm³/mol. The van der Waals surface area contributed by atoms with Gasteiger partial charge in [-0.15, -0.1) is 0 Å². The van der Waals surface area contributed by atoms with E-state index in [-0.39, 0.29) is 11.9 Å². The van der Waals surface area contributed by atoms with Crippen LogP contribution in [-0.4, -0.2) is 79.7 Å². The van der Waals surface area contributed by atoms with Gasteiger partial charge in [0.25, 0.3) is 0 Å². The molecule has 3 heterocycles. The standard InChI is InChI=1S/C22H30N4O2/c1-25-10-12-26(13-11-25)9-7-22(27)24-21-16-28-15-18(21)14-17-6-8-23-20-5-3-2-4-19(17)20/h2-6,8,18,21H,7,9-16H2,1H3,(H,24,27)/t18-,21+/m1/s1. The van der Waals surface area contributed by atoms with Gasteiger partial charge >= 0.3 is 0 Å². The number of fused-ring (bicyclic) bond motifs is 1. The lowest BCUT2D eigenvalue weighted by Gasteiger charge is -2.32. The molecule has 0 spiro atoms. The van der Waals surface area contributed by atoms with E-state index in [1.807, 2.05) is 18.3 Å². The van der Waals surface area contributed by atoms with Crippen molar-refractivity contribution < 1.29 is 9.53 Å². The van der Waals surface area contributed by atoms with Crippen molar-refractivity contribution in [3.05, 3.63) is 42.1 Å². The summed E-state index contributed by atoms with van der Waals surface area (Å²) < 4.78 is 5.71. The van der Waals surface area contributed by atoms with Crippen molar-refractivity contribution in [1.82, 2.24) is 20.1 Å². The average Bonchev–Trinajstić information content (AvgIpc) is 3.14. The fourth-order valence-electron chi connectivity index (χ4n) is 4.18. The van der Waals surface area contributed by atoms with Crippen molar-refractivity contribution in [2.45, 2.75) is 18.9 Å². The Morgan fingerprint density at radius 1 is 1.18 bits per heavy atom. The van der Waals surface area contributed by atoms with E-state index in [0.717, 1.165) is 44.7 Å². The largest absolute Gasteiger partial charge is 0.379 e. The molecule has 28 heavy (non-hydrogen) atoms. The molecular weight excluding hydrogens is 352 g/mol. The SMILES string of the molecule is CN1CCN(CCC(=O)N[C@H]2COC[C@H]2Cc2ccnc3ccccc23)CC1. The van der Waals surface area contributed by atoms with Gasteiger partial charge in [-0.2, -0.15) is 0 Å². The van der Waals surface area contributed by atoms with E-state index in [9.17, 15) is 4.79 Å². The number of carbonyl (C=O) groups is 1. The van der Waals surface area contributed by atoms with Gasteiger partial charge in [0.05, 0.1) is 24.8 Å². The molecule has 0 saturated carbocycles. The highest BCUT2D eigenvalue weighted by Gasteiger charge is 2.30. The van der Waals surface area contributed by atoms with Gasteiger partial charge in [-0.1, -0.05) is 18.2 Å². The molecule has 0 bridgehead atoms. The number of amides is 1. The molecule has 2 saturated heterocycles. The fourth-order valence-corrected chi connectivity index (χ4v) is 4.18. The topological polar surface area (TPSA) is 57.7 Å². The van der Waals surface area contributed by atoms with E-state index < -0.39 is 0 Å². The number of likely N-dealkylation sites (N-methyl/N-ethyl adjacent to an activating group) is 1. The van der Waals surface area contributed by atoms with Crippen molar-refractivity contribution >= 4 is 16.8 Å². The number of nitrogens with zero attached hydrogens (tertiary/aromatic N) is 3. The van der Waals surface area contributed by atoms with Crippen LogP contribution in [0.4, 0.5) is 0 Å². The molecule has 2 aliphatic rings. The number of piperazine rings is 1. The van der Waals surface area contributed by atoms with Gasteiger partial charge in [0.2, 0.25) is 5.91 Å². The van der Waals surface area contributed by atoms with Crippen molar-refractivity contribution in [1.29, 1.82) is 0 Å². The number of benzene rings is 1. The number of carbonyl (C=O) groups excluding carboxylic acids is 1. The third-order valence-electron chi connectivity index (χ3n) is 6.02. The summed E-state index contributed by atoms with van der Waals surface area (Å²) in [6.07, 6.45) is 3.33. The number of rotatable bonds is 6. The third-order valence-corrected chi connectivity index (χ3v) is 6.02. The molecule has 2 fully saturated rings. The Kier molecular flexibility index (Phi) is 6.20. The van der Waals surface area contributed by atoms with E-state index in [4.69, 9.17) is 4.74 Å². The smallest absolute Gasteiger partial charge is 0.221 e. The monoisotopic (exact) mass is 382 g/mol. The van der Waals surface area contributed by atoms with Crippen molar-refractivity contribution in [3.8, 4) is 0 Å². The molecule has 0 aliphatic carbocycles. The predicted octanol–water partition coefficient (Wildman–Crippen LogP) is 1.55. The lowest BCUT2D eigenvalue weighted by atomic mass is 9.93. The summed E-state index contributed by atoms with van der Waals surface area (Å²) in [6, 6.07) is 10.4. The second-order valence-electron chi connectivity index (χ2n) is 8.06. The molecule has 1 amide bonds. The lowest BCUT2D eigenvalue weighted by molar-refractivity contribution is -0.122. The van der Waals surface area contributed by atoms with E-state index in [1.165, 1.54) is 10.9 Å². The van der Waals surface area contributed by atoms with Crippen LogP contribution in [0.1, 0.15) is 12.0 Å². The van der Waals surface area contributed by atoms with Crippen LogP contribution in [0.25, 0.3) is 10.9 Å². The maximum absolute atomic E-state index is 12.5. The minimum atomic E-state index is 0.0897. The number of para-hydroxylation sites is 1. The third kappa shape index (κ3) is 4.69.